The number of hydrogen-bond donors (Lipinski definition) is 1. The Balaban J connectivity index is 2.90. The van der Waals surface area contributed by atoms with Crippen molar-refractivity contribution < 1.29 is 9.50 Å². The molecule has 0 aliphatic heterocycles. The van der Waals surface area contributed by atoms with Gasteiger partial charge in [-0.1, -0.05) is 22.0 Å². The van der Waals surface area contributed by atoms with Gasteiger partial charge in [-0.15, -0.1) is 0 Å². The van der Waals surface area contributed by atoms with Crippen molar-refractivity contribution in [3.8, 4) is 0 Å². The number of aliphatic hydroxyl groups excluding tert-OH is 1. The predicted molar refractivity (Wildman–Crippen MR) is 44.6 cm³/mol. The Kier molecular flexibility index (Phi) is 3.02. The number of rotatable bonds is 2. The van der Waals surface area contributed by atoms with Crippen LogP contribution in [-0.4, -0.2) is 11.7 Å². The second-order valence-corrected chi connectivity index (χ2v) is 2.91. The monoisotopic (exact) mass is 217 g/mol. The fraction of sp³-hybridized carbons (Fsp3) is 0.125. The van der Waals surface area contributed by atoms with Crippen LogP contribution < -0.4 is 0 Å². The zero-order valence-electron chi connectivity index (χ0n) is 5.72. The van der Waals surface area contributed by atoms with Crippen molar-refractivity contribution in [3.63, 3.8) is 0 Å². The smallest absolute Gasteiger partial charge is 0.124 e. The normalized spacial score (nSPS) is 10.1. The third-order valence-electron chi connectivity index (χ3n) is 1.27. The van der Waals surface area contributed by atoms with E-state index in [1.807, 2.05) is 0 Å². The summed E-state index contributed by atoms with van der Waals surface area (Å²) < 4.78 is 13.1. The first-order valence-electron chi connectivity index (χ1n) is 3.13. The lowest BCUT2D eigenvalue weighted by Crippen LogP contribution is -1.89. The molecule has 0 aliphatic carbocycles. The highest BCUT2D eigenvalue weighted by molar-refractivity contribution is 9.10. The van der Waals surface area contributed by atoms with Gasteiger partial charge in [0, 0.05) is 10.9 Å². The van der Waals surface area contributed by atoms with Crippen LogP contribution in [0.4, 0.5) is 4.39 Å². The van der Waals surface area contributed by atoms with Gasteiger partial charge >= 0.3 is 0 Å². The van der Waals surface area contributed by atoms with E-state index in [-0.39, 0.29) is 12.4 Å². The van der Waals surface area contributed by atoms with Crippen molar-refractivity contribution >= 4 is 15.9 Å². The number of aliphatic hydroxyl groups is 1. The highest BCUT2D eigenvalue weighted by atomic mass is 79.9. The van der Waals surface area contributed by atoms with E-state index in [9.17, 15) is 4.39 Å². The second kappa shape index (κ2) is 3.83. The Morgan fingerprint density at radius 3 is 2.82 bits per heavy atom. The Labute approximate surface area is 73.0 Å². The molecule has 0 saturated heterocycles. The molecule has 3 heteroatoms. The Bertz CT molecular complexity index is 250. The van der Waals surface area contributed by atoms with Gasteiger partial charge in [0.25, 0.3) is 0 Å². The Morgan fingerprint density at radius 2 is 2.27 bits per heavy atom. The van der Waals surface area contributed by atoms with Gasteiger partial charge in [-0.25, -0.2) is 4.39 Å². The van der Waals surface area contributed by atoms with E-state index in [0.717, 1.165) is 5.56 Å². The van der Waals surface area contributed by atoms with Crippen LogP contribution in [0.5, 0.6) is 0 Å². The Hall–Kier alpha value is -0.410. The second-order valence-electron chi connectivity index (χ2n) is 2.05. The molecule has 0 fully saturated rings. The molecule has 0 aromatic heterocycles. The fourth-order valence-corrected chi connectivity index (χ4v) is 1.28. The Morgan fingerprint density at radius 1 is 1.55 bits per heavy atom. The zero-order chi connectivity index (χ0) is 8.27. The lowest BCUT2D eigenvalue weighted by molar-refractivity contribution is 0.331. The van der Waals surface area contributed by atoms with Crippen molar-refractivity contribution in [2.24, 2.45) is 0 Å². The van der Waals surface area contributed by atoms with Crippen LogP contribution in [0.15, 0.2) is 22.7 Å². The minimum Gasteiger partial charge on any atom is -0.396 e. The summed E-state index contributed by atoms with van der Waals surface area (Å²) in [5, 5.41) is 8.54. The summed E-state index contributed by atoms with van der Waals surface area (Å²) in [6.07, 6.45) is 1.60. The largest absolute Gasteiger partial charge is 0.396 e. The molecule has 0 bridgehead atoms. The third kappa shape index (κ3) is 2.27. The van der Waals surface area contributed by atoms with Crippen LogP contribution in [0, 0.1) is 12.2 Å². The summed E-state index contributed by atoms with van der Waals surface area (Å²) in [5.41, 5.74) is 0.800. The summed E-state index contributed by atoms with van der Waals surface area (Å²) in [5.74, 6) is -0.285. The van der Waals surface area contributed by atoms with Gasteiger partial charge in [0.1, 0.15) is 5.82 Å². The molecular formula is C8H7BrFO. The molecule has 0 heterocycles. The molecule has 11 heavy (non-hydrogen) atoms. The molecule has 59 valence electrons. The van der Waals surface area contributed by atoms with Gasteiger partial charge in [0.05, 0.1) is 6.61 Å². The van der Waals surface area contributed by atoms with Crippen molar-refractivity contribution in [2.75, 3.05) is 6.61 Å². The maximum Gasteiger partial charge on any atom is 0.124 e. The van der Waals surface area contributed by atoms with Crippen LogP contribution in [0.2, 0.25) is 0 Å². The molecule has 0 saturated carbocycles. The third-order valence-corrected chi connectivity index (χ3v) is 1.96. The van der Waals surface area contributed by atoms with Crippen molar-refractivity contribution in [3.05, 3.63) is 40.5 Å². The summed E-state index contributed by atoms with van der Waals surface area (Å²) in [4.78, 5) is 0. The molecule has 1 aromatic carbocycles. The maximum absolute atomic E-state index is 12.5. The molecule has 0 amide bonds. The van der Waals surface area contributed by atoms with E-state index in [1.54, 1.807) is 12.5 Å². The van der Waals surface area contributed by atoms with Crippen LogP contribution in [0.25, 0.3) is 0 Å². The van der Waals surface area contributed by atoms with Crippen molar-refractivity contribution in [1.29, 1.82) is 0 Å². The van der Waals surface area contributed by atoms with E-state index in [1.165, 1.54) is 12.1 Å². The fourth-order valence-electron chi connectivity index (χ4n) is 0.765. The summed E-state index contributed by atoms with van der Waals surface area (Å²) >= 11 is 3.17. The molecule has 1 rings (SSSR count). The maximum atomic E-state index is 12.5. The minimum atomic E-state index is -0.285. The quantitative estimate of drug-likeness (QED) is 0.806. The van der Waals surface area contributed by atoms with E-state index < -0.39 is 0 Å². The highest BCUT2D eigenvalue weighted by Crippen LogP contribution is 2.18. The van der Waals surface area contributed by atoms with Gasteiger partial charge in [0.15, 0.2) is 0 Å². The molecule has 1 aromatic rings. The number of halogens is 2. The molecule has 1 radical (unpaired) electrons. The topological polar surface area (TPSA) is 20.2 Å². The van der Waals surface area contributed by atoms with Crippen LogP contribution in [0.1, 0.15) is 5.56 Å². The first-order valence-corrected chi connectivity index (χ1v) is 3.92. The van der Waals surface area contributed by atoms with Gasteiger partial charge in [-0.05, 0) is 17.7 Å². The zero-order valence-corrected chi connectivity index (χ0v) is 7.31. The van der Waals surface area contributed by atoms with Crippen LogP contribution >= 0.6 is 15.9 Å². The lowest BCUT2D eigenvalue weighted by atomic mass is 10.2. The molecule has 0 atom stereocenters. The SMILES string of the molecule is OC[CH]c1ccc(F)cc1Br. The molecule has 1 nitrogen and oxygen atoms in total. The van der Waals surface area contributed by atoms with E-state index in [4.69, 9.17) is 5.11 Å². The molecular weight excluding hydrogens is 211 g/mol. The molecule has 0 spiro atoms. The van der Waals surface area contributed by atoms with Crippen LogP contribution in [-0.2, 0) is 0 Å². The van der Waals surface area contributed by atoms with Crippen molar-refractivity contribution in [1.82, 2.24) is 0 Å². The summed E-state index contributed by atoms with van der Waals surface area (Å²) in [6, 6.07) is 4.32. The summed E-state index contributed by atoms with van der Waals surface area (Å²) in [6.45, 7) is -0.0375. The van der Waals surface area contributed by atoms with E-state index >= 15 is 0 Å². The van der Waals surface area contributed by atoms with Crippen LogP contribution in [0.3, 0.4) is 0 Å². The van der Waals surface area contributed by atoms with Gasteiger partial charge < -0.3 is 5.11 Å². The van der Waals surface area contributed by atoms with E-state index in [2.05, 4.69) is 15.9 Å². The number of hydrogen-bond acceptors (Lipinski definition) is 1. The first kappa shape index (κ1) is 8.68. The van der Waals surface area contributed by atoms with Crippen molar-refractivity contribution in [2.45, 2.75) is 0 Å². The van der Waals surface area contributed by atoms with Gasteiger partial charge in [-0.3, -0.25) is 0 Å². The lowest BCUT2D eigenvalue weighted by Gasteiger charge is -2.00. The minimum absolute atomic E-state index is 0.0375. The number of benzene rings is 1. The van der Waals surface area contributed by atoms with Gasteiger partial charge in [0.2, 0.25) is 0 Å². The molecule has 0 aliphatic rings. The summed E-state index contributed by atoms with van der Waals surface area (Å²) in [7, 11) is 0. The van der Waals surface area contributed by atoms with Gasteiger partial charge in [-0.2, -0.15) is 0 Å². The first-order chi connectivity index (χ1) is 5.24. The predicted octanol–water partition coefficient (Wildman–Crippen LogP) is 2.13. The average molecular weight is 218 g/mol. The van der Waals surface area contributed by atoms with E-state index in [0.29, 0.717) is 4.47 Å². The highest BCUT2D eigenvalue weighted by Gasteiger charge is 1.99. The molecule has 0 unspecified atom stereocenters. The average Bonchev–Trinajstić information content (AvgIpc) is 1.95. The molecule has 1 N–H and O–H groups in total. The standard InChI is InChI=1S/C8H7BrFO/c9-8-5-7(10)2-1-6(8)3-4-11/h1-3,5,11H,4H2.